The van der Waals surface area contributed by atoms with E-state index in [1.165, 1.54) is 11.8 Å². The van der Waals surface area contributed by atoms with E-state index in [2.05, 4.69) is 5.32 Å². The van der Waals surface area contributed by atoms with Gasteiger partial charge in [0.25, 0.3) is 5.91 Å². The number of likely N-dealkylation sites (tertiary alicyclic amines) is 1. The van der Waals surface area contributed by atoms with Gasteiger partial charge in [-0.1, -0.05) is 0 Å². The summed E-state index contributed by atoms with van der Waals surface area (Å²) in [5.41, 5.74) is 0. The Labute approximate surface area is 114 Å². The number of thiophene rings is 1. The van der Waals surface area contributed by atoms with Gasteiger partial charge in [-0.25, -0.2) is 4.79 Å². The molecule has 102 valence electrons. The fraction of sp³-hybridized carbons (Fsp3) is 0.417. The summed E-state index contributed by atoms with van der Waals surface area (Å²) < 4.78 is 0. The lowest BCUT2D eigenvalue weighted by atomic mass is 10.2. The summed E-state index contributed by atoms with van der Waals surface area (Å²) in [4.78, 5) is 36.0. The number of nitrogens with zero attached hydrogens (tertiary/aromatic N) is 1. The summed E-state index contributed by atoms with van der Waals surface area (Å²) in [5.74, 6) is -1.46. The molecular formula is C12H14N2O4S. The molecule has 2 heterocycles. The predicted molar refractivity (Wildman–Crippen MR) is 70.3 cm³/mol. The van der Waals surface area contributed by atoms with Gasteiger partial charge in [-0.2, -0.15) is 0 Å². The number of rotatable bonds is 3. The van der Waals surface area contributed by atoms with E-state index in [1.54, 1.807) is 12.1 Å². The standard InChI is InChI=1S/C12H14N2O4S/c1-7(15)13-10-5-4-9(19-10)11(16)14-6-2-3-8(14)12(17)18/h4-5,8H,2-3,6H2,1H3,(H,13,15)(H,17,18)/t8-/m1/s1. The van der Waals surface area contributed by atoms with Crippen molar-refractivity contribution < 1.29 is 19.5 Å². The summed E-state index contributed by atoms with van der Waals surface area (Å²) >= 11 is 1.15. The zero-order chi connectivity index (χ0) is 14.0. The van der Waals surface area contributed by atoms with Crippen LogP contribution in [0.2, 0.25) is 0 Å². The van der Waals surface area contributed by atoms with Crippen LogP contribution >= 0.6 is 11.3 Å². The average Bonchev–Trinajstić information content (AvgIpc) is 2.94. The molecule has 1 aromatic heterocycles. The second-order valence-corrected chi connectivity index (χ2v) is 5.42. The third kappa shape index (κ3) is 2.93. The monoisotopic (exact) mass is 282 g/mol. The van der Waals surface area contributed by atoms with Crippen LogP contribution in [0.5, 0.6) is 0 Å². The van der Waals surface area contributed by atoms with Crippen molar-refractivity contribution in [1.82, 2.24) is 4.90 Å². The van der Waals surface area contributed by atoms with E-state index in [0.29, 0.717) is 29.3 Å². The van der Waals surface area contributed by atoms with Crippen molar-refractivity contribution in [2.24, 2.45) is 0 Å². The SMILES string of the molecule is CC(=O)Nc1ccc(C(=O)N2CCC[C@@H]2C(=O)O)s1. The highest BCUT2D eigenvalue weighted by molar-refractivity contribution is 7.18. The van der Waals surface area contributed by atoms with Gasteiger partial charge in [0.1, 0.15) is 6.04 Å². The van der Waals surface area contributed by atoms with Crippen LogP contribution in [0.3, 0.4) is 0 Å². The summed E-state index contributed by atoms with van der Waals surface area (Å²) in [7, 11) is 0. The number of hydrogen-bond donors (Lipinski definition) is 2. The zero-order valence-electron chi connectivity index (χ0n) is 10.4. The maximum atomic E-state index is 12.2. The topological polar surface area (TPSA) is 86.7 Å². The van der Waals surface area contributed by atoms with E-state index >= 15 is 0 Å². The smallest absolute Gasteiger partial charge is 0.326 e. The van der Waals surface area contributed by atoms with Crippen molar-refractivity contribution in [3.8, 4) is 0 Å². The van der Waals surface area contributed by atoms with E-state index in [1.807, 2.05) is 0 Å². The molecule has 19 heavy (non-hydrogen) atoms. The van der Waals surface area contributed by atoms with Crippen molar-refractivity contribution in [3.05, 3.63) is 17.0 Å². The summed E-state index contributed by atoms with van der Waals surface area (Å²) in [6.07, 6.45) is 1.19. The van der Waals surface area contributed by atoms with Crippen molar-refractivity contribution in [3.63, 3.8) is 0 Å². The minimum atomic E-state index is -0.968. The Morgan fingerprint density at radius 3 is 2.79 bits per heavy atom. The zero-order valence-corrected chi connectivity index (χ0v) is 11.2. The molecule has 0 unspecified atom stereocenters. The van der Waals surface area contributed by atoms with Gasteiger partial charge in [0, 0.05) is 13.5 Å². The van der Waals surface area contributed by atoms with Gasteiger partial charge in [-0.3, -0.25) is 9.59 Å². The lowest BCUT2D eigenvalue weighted by molar-refractivity contribution is -0.141. The molecular weight excluding hydrogens is 268 g/mol. The first kappa shape index (κ1) is 13.5. The first-order chi connectivity index (χ1) is 8.99. The van der Waals surface area contributed by atoms with Gasteiger partial charge in [0.05, 0.1) is 9.88 Å². The number of carboxylic acids is 1. The second kappa shape index (κ2) is 5.40. The van der Waals surface area contributed by atoms with Gasteiger partial charge in [-0.05, 0) is 25.0 Å². The van der Waals surface area contributed by atoms with Crippen LogP contribution in [0.1, 0.15) is 29.4 Å². The first-order valence-corrected chi connectivity index (χ1v) is 6.72. The lowest BCUT2D eigenvalue weighted by Gasteiger charge is -2.20. The fourth-order valence-electron chi connectivity index (χ4n) is 2.10. The average molecular weight is 282 g/mol. The maximum Gasteiger partial charge on any atom is 0.326 e. The van der Waals surface area contributed by atoms with Crippen molar-refractivity contribution >= 4 is 34.1 Å². The molecule has 6 nitrogen and oxygen atoms in total. The Balaban J connectivity index is 2.13. The number of aliphatic carboxylic acids is 1. The third-order valence-corrected chi connectivity index (χ3v) is 3.90. The normalized spacial score (nSPS) is 18.4. The molecule has 7 heteroatoms. The van der Waals surface area contributed by atoms with Crippen LogP contribution in [0.15, 0.2) is 12.1 Å². The number of anilines is 1. The molecule has 1 fully saturated rings. The molecule has 0 radical (unpaired) electrons. The van der Waals surface area contributed by atoms with Gasteiger partial charge >= 0.3 is 5.97 Å². The molecule has 1 aliphatic heterocycles. The van der Waals surface area contributed by atoms with Crippen LogP contribution in [-0.2, 0) is 9.59 Å². The number of amides is 2. The van der Waals surface area contributed by atoms with Crippen LogP contribution in [0.25, 0.3) is 0 Å². The Morgan fingerprint density at radius 1 is 1.42 bits per heavy atom. The van der Waals surface area contributed by atoms with Gasteiger partial charge < -0.3 is 15.3 Å². The molecule has 1 aromatic rings. The highest BCUT2D eigenvalue weighted by Crippen LogP contribution is 2.26. The van der Waals surface area contributed by atoms with Crippen molar-refractivity contribution in [1.29, 1.82) is 0 Å². The highest BCUT2D eigenvalue weighted by atomic mass is 32.1. The molecule has 0 spiro atoms. The molecule has 1 atom stereocenters. The van der Waals surface area contributed by atoms with E-state index < -0.39 is 12.0 Å². The van der Waals surface area contributed by atoms with E-state index in [0.717, 1.165) is 11.3 Å². The molecule has 0 bridgehead atoms. The Bertz CT molecular complexity index is 526. The molecule has 0 aliphatic carbocycles. The molecule has 1 saturated heterocycles. The number of nitrogens with one attached hydrogen (secondary N) is 1. The van der Waals surface area contributed by atoms with Crippen LogP contribution in [-0.4, -0.2) is 40.4 Å². The van der Waals surface area contributed by atoms with Crippen molar-refractivity contribution in [2.45, 2.75) is 25.8 Å². The van der Waals surface area contributed by atoms with Crippen LogP contribution in [0, 0.1) is 0 Å². The van der Waals surface area contributed by atoms with Crippen LogP contribution < -0.4 is 5.32 Å². The Kier molecular flexibility index (Phi) is 3.84. The van der Waals surface area contributed by atoms with Gasteiger partial charge in [0.2, 0.25) is 5.91 Å². The van der Waals surface area contributed by atoms with E-state index in [4.69, 9.17) is 5.11 Å². The Morgan fingerprint density at radius 2 is 2.16 bits per heavy atom. The number of carbonyl (C=O) groups is 3. The molecule has 0 aromatic carbocycles. The first-order valence-electron chi connectivity index (χ1n) is 5.90. The maximum absolute atomic E-state index is 12.2. The van der Waals surface area contributed by atoms with Gasteiger partial charge in [-0.15, -0.1) is 11.3 Å². The molecule has 2 amide bonds. The van der Waals surface area contributed by atoms with E-state index in [-0.39, 0.29) is 11.8 Å². The summed E-state index contributed by atoms with van der Waals surface area (Å²) in [6.45, 7) is 1.85. The fourth-order valence-corrected chi connectivity index (χ4v) is 3.01. The summed E-state index contributed by atoms with van der Waals surface area (Å²) in [6, 6.07) is 2.51. The molecule has 2 N–H and O–H groups in total. The lowest BCUT2D eigenvalue weighted by Crippen LogP contribution is -2.40. The Hall–Kier alpha value is -1.89. The molecule has 1 aliphatic rings. The number of hydrogen-bond acceptors (Lipinski definition) is 4. The van der Waals surface area contributed by atoms with Crippen LogP contribution in [0.4, 0.5) is 5.00 Å². The number of carboxylic acid groups (broad SMARTS) is 1. The van der Waals surface area contributed by atoms with Crippen molar-refractivity contribution in [2.75, 3.05) is 11.9 Å². The largest absolute Gasteiger partial charge is 0.480 e. The van der Waals surface area contributed by atoms with E-state index in [9.17, 15) is 14.4 Å². The molecule has 0 saturated carbocycles. The summed E-state index contributed by atoms with van der Waals surface area (Å²) in [5, 5.41) is 12.2. The third-order valence-electron chi connectivity index (χ3n) is 2.91. The predicted octanol–water partition coefficient (Wildman–Crippen LogP) is 1.40. The quantitative estimate of drug-likeness (QED) is 0.877. The highest BCUT2D eigenvalue weighted by Gasteiger charge is 2.34. The molecule has 2 rings (SSSR count). The van der Waals surface area contributed by atoms with Gasteiger partial charge in [0.15, 0.2) is 0 Å². The number of carbonyl (C=O) groups excluding carboxylic acids is 2. The minimum Gasteiger partial charge on any atom is -0.480 e. The minimum absolute atomic E-state index is 0.203. The second-order valence-electron chi connectivity index (χ2n) is 4.34.